The van der Waals surface area contributed by atoms with E-state index in [1.807, 2.05) is 35.2 Å². The molecule has 30 heavy (non-hydrogen) atoms. The summed E-state index contributed by atoms with van der Waals surface area (Å²) in [6.07, 6.45) is 1.51. The second kappa shape index (κ2) is 8.51. The summed E-state index contributed by atoms with van der Waals surface area (Å²) in [6.45, 7) is 3.30. The molecular formula is C23H23N3O4. The highest BCUT2D eigenvalue weighted by atomic mass is 16.6. The highest BCUT2D eigenvalue weighted by Gasteiger charge is 2.22. The molecule has 1 unspecified atom stereocenters. The van der Waals surface area contributed by atoms with Crippen LogP contribution in [0.2, 0.25) is 0 Å². The highest BCUT2D eigenvalue weighted by molar-refractivity contribution is 5.95. The van der Waals surface area contributed by atoms with Gasteiger partial charge >= 0.3 is 0 Å². The molecule has 4 rings (SSSR count). The van der Waals surface area contributed by atoms with Gasteiger partial charge < -0.3 is 14.6 Å². The van der Waals surface area contributed by atoms with E-state index in [-0.39, 0.29) is 17.6 Å². The van der Waals surface area contributed by atoms with Gasteiger partial charge in [0.15, 0.2) is 0 Å². The van der Waals surface area contributed by atoms with Crippen molar-refractivity contribution in [1.82, 2.24) is 5.32 Å². The van der Waals surface area contributed by atoms with Gasteiger partial charge in [-0.1, -0.05) is 24.3 Å². The van der Waals surface area contributed by atoms with Crippen molar-refractivity contribution in [3.8, 4) is 11.3 Å². The molecule has 0 aliphatic carbocycles. The van der Waals surface area contributed by atoms with Crippen LogP contribution in [0.1, 0.15) is 37.1 Å². The van der Waals surface area contributed by atoms with Crippen molar-refractivity contribution in [1.29, 1.82) is 0 Å². The summed E-state index contributed by atoms with van der Waals surface area (Å²) in [4.78, 5) is 24.7. The van der Waals surface area contributed by atoms with Gasteiger partial charge in [-0.15, -0.1) is 0 Å². The van der Waals surface area contributed by atoms with E-state index >= 15 is 0 Å². The van der Waals surface area contributed by atoms with Gasteiger partial charge in [0.2, 0.25) is 5.91 Å². The molecule has 0 saturated carbocycles. The van der Waals surface area contributed by atoms with E-state index in [0.29, 0.717) is 30.0 Å². The number of hydrogen-bond acceptors (Lipinski definition) is 5. The monoisotopic (exact) mass is 405 g/mol. The Bertz CT molecular complexity index is 1080. The number of hydrogen-bond donors (Lipinski definition) is 1. The van der Waals surface area contributed by atoms with Crippen LogP contribution in [-0.4, -0.2) is 17.4 Å². The minimum Gasteiger partial charge on any atom is -0.459 e. The maximum Gasteiger partial charge on any atom is 0.280 e. The molecule has 0 spiro atoms. The third kappa shape index (κ3) is 4.11. The Hall–Kier alpha value is -3.45. The van der Waals surface area contributed by atoms with E-state index in [1.54, 1.807) is 24.3 Å². The van der Waals surface area contributed by atoms with Crippen molar-refractivity contribution < 1.29 is 14.1 Å². The molecule has 2 heterocycles. The molecule has 1 atom stereocenters. The average molecular weight is 405 g/mol. The second-order valence-corrected chi connectivity index (χ2v) is 7.39. The molecule has 1 N–H and O–H groups in total. The number of furan rings is 1. The molecule has 1 saturated heterocycles. The van der Waals surface area contributed by atoms with Gasteiger partial charge in [0.25, 0.3) is 5.69 Å². The van der Waals surface area contributed by atoms with Gasteiger partial charge in [-0.25, -0.2) is 0 Å². The minimum atomic E-state index is -0.407. The van der Waals surface area contributed by atoms with E-state index in [9.17, 15) is 14.9 Å². The van der Waals surface area contributed by atoms with Gasteiger partial charge in [-0.2, -0.15) is 0 Å². The zero-order valence-corrected chi connectivity index (χ0v) is 16.7. The molecule has 1 aromatic heterocycles. The second-order valence-electron chi connectivity index (χ2n) is 7.39. The molecule has 0 bridgehead atoms. The number of rotatable bonds is 7. The fraction of sp³-hybridized carbons (Fsp3) is 0.261. The number of carbonyl (C=O) groups is 1. The molecule has 1 fully saturated rings. The lowest BCUT2D eigenvalue weighted by Gasteiger charge is -2.19. The Balaban J connectivity index is 1.44. The third-order valence-corrected chi connectivity index (χ3v) is 5.37. The van der Waals surface area contributed by atoms with Crippen molar-refractivity contribution in [2.24, 2.45) is 0 Å². The first-order valence-corrected chi connectivity index (χ1v) is 9.99. The molecular weight excluding hydrogens is 382 g/mol. The Morgan fingerprint density at radius 2 is 2.00 bits per heavy atom. The predicted molar refractivity (Wildman–Crippen MR) is 114 cm³/mol. The van der Waals surface area contributed by atoms with E-state index in [2.05, 4.69) is 12.2 Å². The number of carbonyl (C=O) groups excluding carboxylic acids is 1. The smallest absolute Gasteiger partial charge is 0.280 e. The van der Waals surface area contributed by atoms with Crippen molar-refractivity contribution in [3.63, 3.8) is 0 Å². The number of anilines is 1. The number of para-hydroxylation sites is 1. The topological polar surface area (TPSA) is 88.6 Å². The molecule has 1 aliphatic heterocycles. The quantitative estimate of drug-likeness (QED) is 0.449. The van der Waals surface area contributed by atoms with E-state index in [1.165, 1.54) is 6.07 Å². The predicted octanol–water partition coefficient (Wildman–Crippen LogP) is 4.83. The fourth-order valence-corrected chi connectivity index (χ4v) is 3.71. The standard InChI is InChI=1S/C23H23N3O4/c1-16(17-6-4-7-18(14-17)25-13-5-10-23(25)27)24-15-19-11-12-22(30-19)20-8-2-3-9-21(20)26(28)29/h2-4,6-9,11-12,14,16,24H,5,10,13,15H2,1H3. The summed E-state index contributed by atoms with van der Waals surface area (Å²) in [5, 5.41) is 14.7. The van der Waals surface area contributed by atoms with Gasteiger partial charge in [-0.3, -0.25) is 14.9 Å². The molecule has 3 aromatic rings. The van der Waals surface area contributed by atoms with Crippen LogP contribution in [0, 0.1) is 10.1 Å². The van der Waals surface area contributed by atoms with Crippen LogP contribution in [0.3, 0.4) is 0 Å². The van der Waals surface area contributed by atoms with Gasteiger partial charge in [0.1, 0.15) is 11.5 Å². The SMILES string of the molecule is CC(NCc1ccc(-c2ccccc2[N+](=O)[O-])o1)c1cccc(N2CCCC2=O)c1. The minimum absolute atomic E-state index is 0.0213. The van der Waals surface area contributed by atoms with Crippen molar-refractivity contribution in [3.05, 3.63) is 82.1 Å². The van der Waals surface area contributed by atoms with E-state index in [0.717, 1.165) is 24.2 Å². The molecule has 7 nitrogen and oxygen atoms in total. The lowest BCUT2D eigenvalue weighted by molar-refractivity contribution is -0.384. The first-order valence-electron chi connectivity index (χ1n) is 9.99. The Labute approximate surface area is 174 Å². The van der Waals surface area contributed by atoms with Gasteiger partial charge in [0.05, 0.1) is 17.0 Å². The van der Waals surface area contributed by atoms with Crippen LogP contribution in [-0.2, 0) is 11.3 Å². The third-order valence-electron chi connectivity index (χ3n) is 5.37. The number of nitrogens with zero attached hydrogens (tertiary/aromatic N) is 2. The van der Waals surface area contributed by atoms with Gasteiger partial charge in [-0.05, 0) is 49.2 Å². The van der Waals surface area contributed by atoms with Crippen LogP contribution in [0.15, 0.2) is 65.1 Å². The summed E-state index contributed by atoms with van der Waals surface area (Å²) < 4.78 is 5.85. The zero-order chi connectivity index (χ0) is 21.1. The summed E-state index contributed by atoms with van der Waals surface area (Å²) in [5.41, 5.74) is 2.50. The Morgan fingerprint density at radius 3 is 2.77 bits per heavy atom. The first kappa shape index (κ1) is 19.8. The zero-order valence-electron chi connectivity index (χ0n) is 16.7. The summed E-state index contributed by atoms with van der Waals surface area (Å²) in [6, 6.07) is 18.2. The number of amides is 1. The fourth-order valence-electron chi connectivity index (χ4n) is 3.71. The normalized spacial score (nSPS) is 14.8. The number of benzene rings is 2. The molecule has 0 radical (unpaired) electrons. The molecule has 7 heteroatoms. The van der Waals surface area contributed by atoms with Crippen molar-refractivity contribution in [2.45, 2.75) is 32.4 Å². The van der Waals surface area contributed by atoms with Crippen LogP contribution < -0.4 is 10.2 Å². The molecule has 1 aliphatic rings. The molecule has 1 amide bonds. The largest absolute Gasteiger partial charge is 0.459 e. The number of nitro benzene ring substituents is 1. The van der Waals surface area contributed by atoms with E-state index in [4.69, 9.17) is 4.42 Å². The lowest BCUT2D eigenvalue weighted by Crippen LogP contribution is -2.24. The summed E-state index contributed by atoms with van der Waals surface area (Å²) >= 11 is 0. The number of nitrogens with one attached hydrogen (secondary N) is 1. The van der Waals surface area contributed by atoms with Crippen LogP contribution in [0.4, 0.5) is 11.4 Å². The van der Waals surface area contributed by atoms with Crippen LogP contribution >= 0.6 is 0 Å². The van der Waals surface area contributed by atoms with Crippen LogP contribution in [0.25, 0.3) is 11.3 Å². The summed E-state index contributed by atoms with van der Waals surface area (Å²) in [7, 11) is 0. The van der Waals surface area contributed by atoms with Crippen LogP contribution in [0.5, 0.6) is 0 Å². The highest BCUT2D eigenvalue weighted by Crippen LogP contribution is 2.31. The molecule has 154 valence electrons. The van der Waals surface area contributed by atoms with Crippen molar-refractivity contribution >= 4 is 17.3 Å². The molecule has 2 aromatic carbocycles. The Morgan fingerprint density at radius 1 is 1.17 bits per heavy atom. The number of nitro groups is 1. The van der Waals surface area contributed by atoms with Gasteiger partial charge in [0, 0.05) is 30.8 Å². The van der Waals surface area contributed by atoms with Crippen molar-refractivity contribution in [2.75, 3.05) is 11.4 Å². The Kier molecular flexibility index (Phi) is 5.63. The average Bonchev–Trinajstić information content (AvgIpc) is 3.41. The first-order chi connectivity index (χ1) is 14.5. The lowest BCUT2D eigenvalue weighted by atomic mass is 10.1. The van der Waals surface area contributed by atoms with E-state index < -0.39 is 4.92 Å². The maximum absolute atomic E-state index is 12.0. The maximum atomic E-state index is 12.0. The summed E-state index contributed by atoms with van der Waals surface area (Å²) in [5.74, 6) is 1.34.